The molecule has 8 heteroatoms. The summed E-state index contributed by atoms with van der Waals surface area (Å²) in [5, 5.41) is 2.34. The summed E-state index contributed by atoms with van der Waals surface area (Å²) in [6, 6.07) is 35.2. The molecule has 1 saturated heterocycles. The summed E-state index contributed by atoms with van der Waals surface area (Å²) >= 11 is 0. The van der Waals surface area contributed by atoms with Crippen LogP contribution in [0.3, 0.4) is 0 Å². The number of hydrogen-bond donors (Lipinski definition) is 1. The molecule has 5 aromatic rings. The molecular formula is C37H31N3O5. The fourth-order valence-electron chi connectivity index (χ4n) is 5.41. The van der Waals surface area contributed by atoms with E-state index < -0.39 is 17.8 Å². The molecule has 0 spiro atoms. The van der Waals surface area contributed by atoms with E-state index in [1.165, 1.54) is 0 Å². The van der Waals surface area contributed by atoms with Gasteiger partial charge in [0, 0.05) is 17.3 Å². The summed E-state index contributed by atoms with van der Waals surface area (Å²) in [5.41, 5.74) is 5.06. The second-order valence-corrected chi connectivity index (χ2v) is 10.2. The van der Waals surface area contributed by atoms with Gasteiger partial charge >= 0.3 is 6.03 Å². The maximum absolute atomic E-state index is 13.9. The van der Waals surface area contributed by atoms with Gasteiger partial charge in [0.25, 0.3) is 11.8 Å². The maximum Gasteiger partial charge on any atom is 0.335 e. The Labute approximate surface area is 261 Å². The van der Waals surface area contributed by atoms with Crippen molar-refractivity contribution < 1.29 is 23.9 Å². The van der Waals surface area contributed by atoms with Crippen LogP contribution >= 0.6 is 0 Å². The topological polar surface area (TPSA) is 89.9 Å². The first-order valence-electron chi connectivity index (χ1n) is 14.7. The molecule has 1 aromatic heterocycles. The minimum absolute atomic E-state index is 0.169. The van der Waals surface area contributed by atoms with Crippen LogP contribution < -0.4 is 19.7 Å². The van der Waals surface area contributed by atoms with Crippen LogP contribution in [0.1, 0.15) is 19.4 Å². The van der Waals surface area contributed by atoms with Crippen molar-refractivity contribution in [3.05, 3.63) is 126 Å². The lowest BCUT2D eigenvalue weighted by atomic mass is 10.0. The van der Waals surface area contributed by atoms with Crippen molar-refractivity contribution in [1.82, 2.24) is 9.88 Å². The molecule has 4 aromatic carbocycles. The first kappa shape index (κ1) is 29.2. The molecule has 45 heavy (non-hydrogen) atoms. The number of barbiturate groups is 1. The average molecular weight is 598 g/mol. The van der Waals surface area contributed by atoms with Crippen molar-refractivity contribution in [2.24, 2.45) is 0 Å². The zero-order chi connectivity index (χ0) is 31.3. The number of ether oxygens (including phenoxy) is 2. The molecule has 0 aliphatic carbocycles. The lowest BCUT2D eigenvalue weighted by Gasteiger charge is -2.26. The van der Waals surface area contributed by atoms with Crippen LogP contribution in [-0.4, -0.2) is 35.6 Å². The van der Waals surface area contributed by atoms with E-state index in [1.807, 2.05) is 105 Å². The number of nitrogens with zero attached hydrogens (tertiary/aromatic N) is 2. The minimum Gasteiger partial charge on any atom is -0.494 e. The molecule has 4 amide bonds. The first-order chi connectivity index (χ1) is 22.0. The summed E-state index contributed by atoms with van der Waals surface area (Å²) in [6.07, 6.45) is 1.56. The smallest absolute Gasteiger partial charge is 0.335 e. The zero-order valence-corrected chi connectivity index (χ0v) is 24.9. The number of aromatic nitrogens is 1. The molecule has 1 aliphatic rings. The van der Waals surface area contributed by atoms with Gasteiger partial charge < -0.3 is 14.0 Å². The third-order valence-corrected chi connectivity index (χ3v) is 7.34. The lowest BCUT2D eigenvalue weighted by Crippen LogP contribution is -2.54. The number of rotatable bonds is 9. The highest BCUT2D eigenvalue weighted by atomic mass is 16.5. The second-order valence-electron chi connectivity index (χ2n) is 10.2. The third-order valence-electron chi connectivity index (χ3n) is 7.34. The van der Waals surface area contributed by atoms with E-state index in [0.29, 0.717) is 30.2 Å². The summed E-state index contributed by atoms with van der Waals surface area (Å²) in [7, 11) is 0. The van der Waals surface area contributed by atoms with Crippen LogP contribution in [0.4, 0.5) is 10.5 Å². The van der Waals surface area contributed by atoms with Gasteiger partial charge in [-0.25, -0.2) is 9.69 Å². The number of nitrogens with one attached hydrogen (secondary N) is 1. The van der Waals surface area contributed by atoms with Gasteiger partial charge in [-0.1, -0.05) is 66.7 Å². The number of benzene rings is 4. The average Bonchev–Trinajstić information content (AvgIpc) is 3.44. The number of anilines is 1. The molecule has 0 saturated carbocycles. The van der Waals surface area contributed by atoms with Gasteiger partial charge in [-0.3, -0.25) is 14.9 Å². The van der Waals surface area contributed by atoms with Crippen molar-refractivity contribution in [2.45, 2.75) is 13.8 Å². The molecule has 2 heterocycles. The Balaban J connectivity index is 1.55. The Morgan fingerprint density at radius 2 is 1.31 bits per heavy atom. The van der Waals surface area contributed by atoms with E-state index in [9.17, 15) is 14.4 Å². The van der Waals surface area contributed by atoms with Crippen molar-refractivity contribution in [2.75, 3.05) is 18.1 Å². The Bertz CT molecular complexity index is 1890. The van der Waals surface area contributed by atoms with E-state index in [1.54, 1.807) is 30.3 Å². The Morgan fingerprint density at radius 1 is 0.667 bits per heavy atom. The normalized spacial score (nSPS) is 14.0. The van der Waals surface area contributed by atoms with Gasteiger partial charge in [0.05, 0.1) is 30.3 Å². The van der Waals surface area contributed by atoms with Crippen LogP contribution in [0.2, 0.25) is 0 Å². The number of urea groups is 1. The Kier molecular flexibility index (Phi) is 8.28. The standard InChI is InChI=1S/C37H31N3O5/c1-3-44-30-20-18-28(19-21-30)39-33(25-12-7-5-8-13-25)23-27(34(39)26-14-9-6-10-15-26)22-32-35(41)38-37(43)40(36(32)42)29-16-11-17-31(24-29)45-4-2/h5-24H,3-4H2,1-2H3,(H,38,41,43)/b32-22-. The SMILES string of the molecule is CCOc1ccc(-n2c(-c3ccccc3)cc(/C=C3/C(=O)NC(=O)N(c4cccc(OCC)c4)C3=O)c2-c2ccccc2)cc1. The van der Waals surface area contributed by atoms with E-state index in [-0.39, 0.29) is 5.57 Å². The molecule has 6 rings (SSSR count). The number of carbonyl (C=O) groups excluding carboxylic acids is 3. The van der Waals surface area contributed by atoms with E-state index in [0.717, 1.165) is 38.9 Å². The number of hydrogen-bond acceptors (Lipinski definition) is 5. The van der Waals surface area contributed by atoms with Gasteiger partial charge in [-0.05, 0) is 73.5 Å². The third kappa shape index (κ3) is 5.86. The van der Waals surface area contributed by atoms with E-state index in [4.69, 9.17) is 9.47 Å². The van der Waals surface area contributed by atoms with Crippen LogP contribution in [0, 0.1) is 0 Å². The van der Waals surface area contributed by atoms with Gasteiger partial charge in [0.15, 0.2) is 0 Å². The number of carbonyl (C=O) groups is 3. The molecule has 0 bridgehead atoms. The summed E-state index contributed by atoms with van der Waals surface area (Å²) < 4.78 is 13.4. The van der Waals surface area contributed by atoms with Crippen molar-refractivity contribution in [3.63, 3.8) is 0 Å². The van der Waals surface area contributed by atoms with Gasteiger partial charge in [0.1, 0.15) is 17.1 Å². The van der Waals surface area contributed by atoms with Crippen molar-refractivity contribution >= 4 is 29.6 Å². The number of amides is 4. The zero-order valence-electron chi connectivity index (χ0n) is 24.9. The summed E-state index contributed by atoms with van der Waals surface area (Å²) in [4.78, 5) is 41.1. The van der Waals surface area contributed by atoms with E-state index in [2.05, 4.69) is 9.88 Å². The van der Waals surface area contributed by atoms with Crippen LogP contribution in [0.25, 0.3) is 34.3 Å². The van der Waals surface area contributed by atoms with Gasteiger partial charge in [0.2, 0.25) is 0 Å². The summed E-state index contributed by atoms with van der Waals surface area (Å²) in [5.74, 6) is -0.243. The van der Waals surface area contributed by atoms with Crippen molar-refractivity contribution in [1.29, 1.82) is 0 Å². The van der Waals surface area contributed by atoms with Crippen LogP contribution in [0.5, 0.6) is 11.5 Å². The lowest BCUT2D eigenvalue weighted by molar-refractivity contribution is -0.122. The first-order valence-corrected chi connectivity index (χ1v) is 14.7. The van der Waals surface area contributed by atoms with Crippen LogP contribution in [0.15, 0.2) is 121 Å². The Morgan fingerprint density at radius 3 is 1.98 bits per heavy atom. The highest BCUT2D eigenvalue weighted by molar-refractivity contribution is 6.39. The molecule has 0 atom stereocenters. The maximum atomic E-state index is 13.9. The fourth-order valence-corrected chi connectivity index (χ4v) is 5.41. The molecule has 1 aliphatic heterocycles. The fraction of sp³-hybridized carbons (Fsp3) is 0.108. The molecule has 0 unspecified atom stereocenters. The predicted molar refractivity (Wildman–Crippen MR) is 174 cm³/mol. The second kappa shape index (κ2) is 12.8. The summed E-state index contributed by atoms with van der Waals surface area (Å²) in [6.45, 7) is 4.76. The monoisotopic (exact) mass is 597 g/mol. The van der Waals surface area contributed by atoms with Gasteiger partial charge in [-0.15, -0.1) is 0 Å². The molecule has 1 N–H and O–H groups in total. The molecule has 1 fully saturated rings. The molecule has 224 valence electrons. The predicted octanol–water partition coefficient (Wildman–Crippen LogP) is 7.28. The number of imide groups is 2. The molecular weight excluding hydrogens is 566 g/mol. The van der Waals surface area contributed by atoms with Crippen molar-refractivity contribution in [3.8, 4) is 39.7 Å². The molecule has 0 radical (unpaired) electrons. The molecule has 8 nitrogen and oxygen atoms in total. The highest BCUT2D eigenvalue weighted by Crippen LogP contribution is 2.38. The highest BCUT2D eigenvalue weighted by Gasteiger charge is 2.37. The van der Waals surface area contributed by atoms with E-state index >= 15 is 0 Å². The minimum atomic E-state index is -0.823. The largest absolute Gasteiger partial charge is 0.494 e. The van der Waals surface area contributed by atoms with Crippen LogP contribution in [-0.2, 0) is 9.59 Å². The quantitative estimate of drug-likeness (QED) is 0.143. The Hall–Kier alpha value is -5.89. The van der Waals surface area contributed by atoms with Gasteiger partial charge in [-0.2, -0.15) is 0 Å².